The number of hydrogen-bond acceptors (Lipinski definition) is 4. The summed E-state index contributed by atoms with van der Waals surface area (Å²) in [4.78, 5) is 9.17. The number of anilines is 1. The molecule has 2 rings (SSSR count). The van der Waals surface area contributed by atoms with Crippen LogP contribution in [0.4, 0.5) is 5.82 Å². The summed E-state index contributed by atoms with van der Waals surface area (Å²) >= 11 is 0. The summed E-state index contributed by atoms with van der Waals surface area (Å²) in [7, 11) is 2.10. The van der Waals surface area contributed by atoms with Crippen molar-refractivity contribution in [3.63, 3.8) is 0 Å². The van der Waals surface area contributed by atoms with Gasteiger partial charge in [-0.05, 0) is 19.1 Å². The molecule has 0 aromatic carbocycles. The van der Waals surface area contributed by atoms with E-state index < -0.39 is 0 Å². The molecule has 0 radical (unpaired) electrons. The molecule has 1 aromatic heterocycles. The average molecular weight is 235 g/mol. The van der Waals surface area contributed by atoms with Crippen molar-refractivity contribution >= 4 is 5.82 Å². The molecule has 1 aliphatic rings. The van der Waals surface area contributed by atoms with Crippen LogP contribution in [0.2, 0.25) is 0 Å². The standard InChI is InChI=1S/C13H21N3O/c1-12-4-3-5-13(14-12)15(2)6-7-16-8-10-17-11-9-16/h3-5H,6-11H2,1-2H3. The Hall–Kier alpha value is -1.13. The molecule has 1 aromatic rings. The van der Waals surface area contributed by atoms with E-state index in [1.54, 1.807) is 0 Å². The van der Waals surface area contributed by atoms with Crippen molar-refractivity contribution in [2.24, 2.45) is 0 Å². The minimum Gasteiger partial charge on any atom is -0.379 e. The second-order valence-electron chi connectivity index (χ2n) is 4.51. The summed E-state index contributed by atoms with van der Waals surface area (Å²) in [6.45, 7) is 7.95. The molecule has 0 bridgehead atoms. The molecular formula is C13H21N3O. The zero-order chi connectivity index (χ0) is 12.1. The molecule has 4 heteroatoms. The lowest BCUT2D eigenvalue weighted by Gasteiger charge is -2.29. The molecule has 0 N–H and O–H groups in total. The van der Waals surface area contributed by atoms with E-state index in [9.17, 15) is 0 Å². The molecule has 0 aliphatic carbocycles. The number of morpholine rings is 1. The molecule has 1 aliphatic heterocycles. The van der Waals surface area contributed by atoms with Crippen LogP contribution in [0.15, 0.2) is 18.2 Å². The predicted octanol–water partition coefficient (Wildman–Crippen LogP) is 1.16. The van der Waals surface area contributed by atoms with Gasteiger partial charge in [0.05, 0.1) is 13.2 Å². The lowest BCUT2D eigenvalue weighted by atomic mass is 10.3. The summed E-state index contributed by atoms with van der Waals surface area (Å²) in [5.41, 5.74) is 1.07. The molecule has 0 amide bonds. The third kappa shape index (κ3) is 3.68. The van der Waals surface area contributed by atoms with Gasteiger partial charge in [-0.15, -0.1) is 0 Å². The first-order chi connectivity index (χ1) is 8.25. The van der Waals surface area contributed by atoms with Gasteiger partial charge >= 0.3 is 0 Å². The van der Waals surface area contributed by atoms with Gasteiger partial charge in [-0.3, -0.25) is 4.90 Å². The number of likely N-dealkylation sites (N-methyl/N-ethyl adjacent to an activating group) is 1. The molecule has 2 heterocycles. The lowest BCUT2D eigenvalue weighted by molar-refractivity contribution is 0.0393. The van der Waals surface area contributed by atoms with E-state index in [2.05, 4.69) is 34.0 Å². The first-order valence-corrected chi connectivity index (χ1v) is 6.20. The first-order valence-electron chi connectivity index (χ1n) is 6.20. The van der Waals surface area contributed by atoms with Gasteiger partial charge in [-0.25, -0.2) is 4.98 Å². The van der Waals surface area contributed by atoms with E-state index in [0.717, 1.165) is 50.9 Å². The maximum Gasteiger partial charge on any atom is 0.128 e. The van der Waals surface area contributed by atoms with E-state index in [1.807, 2.05) is 13.0 Å². The van der Waals surface area contributed by atoms with E-state index >= 15 is 0 Å². The van der Waals surface area contributed by atoms with Gasteiger partial charge in [0.25, 0.3) is 0 Å². The fourth-order valence-corrected chi connectivity index (χ4v) is 1.97. The SMILES string of the molecule is Cc1cccc(N(C)CCN2CCOCC2)n1. The third-order valence-corrected chi connectivity index (χ3v) is 3.12. The number of hydrogen-bond donors (Lipinski definition) is 0. The van der Waals surface area contributed by atoms with Crippen LogP contribution in [0.5, 0.6) is 0 Å². The van der Waals surface area contributed by atoms with Crippen molar-refractivity contribution in [3.05, 3.63) is 23.9 Å². The Kier molecular flexibility index (Phi) is 4.34. The van der Waals surface area contributed by atoms with Crippen LogP contribution in [0, 0.1) is 6.92 Å². The molecule has 0 saturated carbocycles. The highest BCUT2D eigenvalue weighted by Crippen LogP contribution is 2.09. The summed E-state index contributed by atoms with van der Waals surface area (Å²) in [6, 6.07) is 6.15. The molecule has 0 unspecified atom stereocenters. The van der Waals surface area contributed by atoms with E-state index in [1.165, 1.54) is 0 Å². The van der Waals surface area contributed by atoms with Crippen molar-refractivity contribution in [1.29, 1.82) is 0 Å². The van der Waals surface area contributed by atoms with Crippen LogP contribution in [0.25, 0.3) is 0 Å². The van der Waals surface area contributed by atoms with Crippen LogP contribution in [-0.4, -0.2) is 56.3 Å². The van der Waals surface area contributed by atoms with Gasteiger partial charge in [0.15, 0.2) is 0 Å². The minimum absolute atomic E-state index is 0.867. The van der Waals surface area contributed by atoms with Gasteiger partial charge in [0.1, 0.15) is 5.82 Å². The lowest BCUT2D eigenvalue weighted by Crippen LogP contribution is -2.40. The van der Waals surface area contributed by atoms with Crippen LogP contribution in [0.1, 0.15) is 5.69 Å². The summed E-state index contributed by atoms with van der Waals surface area (Å²) in [6.07, 6.45) is 0. The second-order valence-corrected chi connectivity index (χ2v) is 4.51. The smallest absolute Gasteiger partial charge is 0.128 e. The molecule has 17 heavy (non-hydrogen) atoms. The second kappa shape index (κ2) is 5.98. The third-order valence-electron chi connectivity index (χ3n) is 3.12. The highest BCUT2D eigenvalue weighted by Gasteiger charge is 2.11. The number of nitrogens with zero attached hydrogens (tertiary/aromatic N) is 3. The Morgan fingerprint density at radius 1 is 1.35 bits per heavy atom. The van der Waals surface area contributed by atoms with Crippen LogP contribution in [0.3, 0.4) is 0 Å². The Balaban J connectivity index is 1.82. The highest BCUT2D eigenvalue weighted by molar-refractivity contribution is 5.37. The van der Waals surface area contributed by atoms with Crippen molar-refractivity contribution in [2.75, 3.05) is 51.3 Å². The fourth-order valence-electron chi connectivity index (χ4n) is 1.97. The van der Waals surface area contributed by atoms with Crippen molar-refractivity contribution in [1.82, 2.24) is 9.88 Å². The molecule has 1 fully saturated rings. The quantitative estimate of drug-likeness (QED) is 0.783. The highest BCUT2D eigenvalue weighted by atomic mass is 16.5. The molecule has 94 valence electrons. The van der Waals surface area contributed by atoms with Crippen LogP contribution >= 0.6 is 0 Å². The fraction of sp³-hybridized carbons (Fsp3) is 0.615. The Labute approximate surface area is 103 Å². The van der Waals surface area contributed by atoms with Crippen molar-refractivity contribution in [2.45, 2.75) is 6.92 Å². The maximum absolute atomic E-state index is 5.34. The summed E-state index contributed by atoms with van der Waals surface area (Å²) in [5, 5.41) is 0. The van der Waals surface area contributed by atoms with Gasteiger partial charge in [0.2, 0.25) is 0 Å². The van der Waals surface area contributed by atoms with E-state index in [4.69, 9.17) is 4.74 Å². The average Bonchev–Trinajstić information content (AvgIpc) is 2.37. The summed E-state index contributed by atoms with van der Waals surface area (Å²) < 4.78 is 5.34. The van der Waals surface area contributed by atoms with Gasteiger partial charge < -0.3 is 9.64 Å². The molecule has 1 saturated heterocycles. The van der Waals surface area contributed by atoms with Crippen LogP contribution in [-0.2, 0) is 4.74 Å². The van der Waals surface area contributed by atoms with Gasteiger partial charge in [-0.2, -0.15) is 0 Å². The zero-order valence-electron chi connectivity index (χ0n) is 10.7. The normalized spacial score (nSPS) is 17.1. The minimum atomic E-state index is 0.867. The summed E-state index contributed by atoms with van der Waals surface area (Å²) in [5.74, 6) is 1.05. The van der Waals surface area contributed by atoms with Crippen LogP contribution < -0.4 is 4.90 Å². The van der Waals surface area contributed by atoms with Gasteiger partial charge in [0, 0.05) is 38.9 Å². The Bertz CT molecular complexity index is 350. The molecular weight excluding hydrogens is 214 g/mol. The Morgan fingerprint density at radius 3 is 2.82 bits per heavy atom. The number of aryl methyl sites for hydroxylation is 1. The maximum atomic E-state index is 5.34. The first kappa shape index (κ1) is 12.3. The molecule has 0 spiro atoms. The monoisotopic (exact) mass is 235 g/mol. The molecule has 0 atom stereocenters. The van der Waals surface area contributed by atoms with E-state index in [-0.39, 0.29) is 0 Å². The van der Waals surface area contributed by atoms with Crippen molar-refractivity contribution in [3.8, 4) is 0 Å². The van der Waals surface area contributed by atoms with Gasteiger partial charge in [-0.1, -0.05) is 6.07 Å². The zero-order valence-corrected chi connectivity index (χ0v) is 10.7. The van der Waals surface area contributed by atoms with E-state index in [0.29, 0.717) is 0 Å². The number of aromatic nitrogens is 1. The number of rotatable bonds is 4. The molecule has 4 nitrogen and oxygen atoms in total. The topological polar surface area (TPSA) is 28.6 Å². The largest absolute Gasteiger partial charge is 0.379 e. The number of pyridine rings is 1. The van der Waals surface area contributed by atoms with Crippen molar-refractivity contribution < 1.29 is 4.74 Å². The number of ether oxygens (including phenoxy) is 1. The predicted molar refractivity (Wildman–Crippen MR) is 69.5 cm³/mol. The Morgan fingerprint density at radius 2 is 2.12 bits per heavy atom.